The fourth-order valence-corrected chi connectivity index (χ4v) is 7.59. The van der Waals surface area contributed by atoms with Crippen molar-refractivity contribution in [3.8, 4) is 12.3 Å². The summed E-state index contributed by atoms with van der Waals surface area (Å²) in [7, 11) is 0. The van der Waals surface area contributed by atoms with Gasteiger partial charge in [-0.3, -0.25) is 14.9 Å². The van der Waals surface area contributed by atoms with E-state index in [-0.39, 0.29) is 57.6 Å². The van der Waals surface area contributed by atoms with Crippen LogP contribution in [-0.4, -0.2) is 80.6 Å². The lowest BCUT2D eigenvalue weighted by atomic mass is 9.99. The van der Waals surface area contributed by atoms with Crippen LogP contribution < -0.4 is 16.4 Å². The number of carbonyl (C=O) groups is 4. The molecule has 3 heterocycles. The number of urea groups is 1. The molecule has 0 bridgehead atoms. The summed E-state index contributed by atoms with van der Waals surface area (Å²) < 4.78 is 19.7. The van der Waals surface area contributed by atoms with Crippen LogP contribution >= 0.6 is 11.3 Å². The number of para-hydroxylation sites is 1. The number of thiazole rings is 1. The molecule has 7 rings (SSSR count). The minimum atomic E-state index is -0.930. The molecule has 5 amide bonds. The number of fused-ring (bicyclic) bond motifs is 2. The average molecular weight is 761 g/mol. The standard InChI is InChI=1S/C40H37FN8O5S/c1-2-19-47(39(52)43-21-27-11-15-30(41)16-12-27)48-24-35(50)49-32(20-26-13-17-31(18-14-26)44-40(53)54-25-28-7-4-3-5-8-28)37(51)46(23-34(48)49)22-29-9-6-10-33-36(29)45-38(42)55-33/h1,3-18,32,34H,19-25H2,(H2,42,45)(H,43,52)(H,44,53)/t32-,34+/m0/s1. The third kappa shape index (κ3) is 8.35. The SMILES string of the molecule is C#CCN(C(=O)NCc1ccc(F)cc1)N1CC(=O)N2[C@@H](Cc3ccc(NC(=O)OCc4ccccc4)cc3)C(=O)N(Cc3cccc4sc(N)nc34)C[C@@H]21. The Morgan fingerprint density at radius 2 is 1.73 bits per heavy atom. The van der Waals surface area contributed by atoms with E-state index >= 15 is 0 Å². The van der Waals surface area contributed by atoms with Gasteiger partial charge in [0.1, 0.15) is 24.6 Å². The molecular formula is C40H37FN8O5S. The van der Waals surface area contributed by atoms with E-state index in [4.69, 9.17) is 16.9 Å². The van der Waals surface area contributed by atoms with Crippen molar-refractivity contribution in [1.29, 1.82) is 0 Å². The number of rotatable bonds is 11. The van der Waals surface area contributed by atoms with Crippen molar-refractivity contribution in [2.75, 3.05) is 30.7 Å². The zero-order valence-electron chi connectivity index (χ0n) is 29.6. The second-order valence-corrected chi connectivity index (χ2v) is 14.1. The Balaban J connectivity index is 1.12. The van der Waals surface area contributed by atoms with Gasteiger partial charge in [0.05, 0.1) is 29.9 Å². The van der Waals surface area contributed by atoms with Crippen molar-refractivity contribution in [2.24, 2.45) is 0 Å². The molecule has 55 heavy (non-hydrogen) atoms. The van der Waals surface area contributed by atoms with E-state index in [9.17, 15) is 23.6 Å². The molecule has 2 fully saturated rings. The molecule has 4 N–H and O–H groups in total. The highest BCUT2D eigenvalue weighted by Crippen LogP contribution is 2.32. The topological polar surface area (TPSA) is 153 Å². The molecule has 4 aromatic carbocycles. The number of hydrogen-bond donors (Lipinski definition) is 3. The predicted octanol–water partition coefficient (Wildman–Crippen LogP) is 4.95. The van der Waals surface area contributed by atoms with E-state index in [1.165, 1.54) is 33.4 Å². The monoisotopic (exact) mass is 760 g/mol. The predicted molar refractivity (Wildman–Crippen MR) is 205 cm³/mol. The highest BCUT2D eigenvalue weighted by Gasteiger charge is 2.52. The summed E-state index contributed by atoms with van der Waals surface area (Å²) in [5.41, 5.74) is 10.3. The van der Waals surface area contributed by atoms with Gasteiger partial charge in [-0.1, -0.05) is 84.0 Å². The number of piperazine rings is 1. The van der Waals surface area contributed by atoms with Gasteiger partial charge in [-0.25, -0.2) is 24.0 Å². The zero-order valence-corrected chi connectivity index (χ0v) is 30.4. The van der Waals surface area contributed by atoms with Crippen molar-refractivity contribution in [1.82, 2.24) is 30.1 Å². The van der Waals surface area contributed by atoms with Gasteiger partial charge >= 0.3 is 12.1 Å². The normalized spacial score (nSPS) is 16.8. The molecular weight excluding hydrogens is 724 g/mol. The third-order valence-corrected chi connectivity index (χ3v) is 10.3. The van der Waals surface area contributed by atoms with Crippen molar-refractivity contribution < 1.29 is 28.3 Å². The summed E-state index contributed by atoms with van der Waals surface area (Å²) in [4.78, 5) is 62.1. The van der Waals surface area contributed by atoms with Crippen LogP contribution in [0.1, 0.15) is 22.3 Å². The summed E-state index contributed by atoms with van der Waals surface area (Å²) in [6, 6.07) is 26.2. The lowest BCUT2D eigenvalue weighted by molar-refractivity contribution is -0.157. The Labute approximate surface area is 320 Å². The van der Waals surface area contributed by atoms with Crippen LogP contribution in [0.25, 0.3) is 10.2 Å². The number of carbonyl (C=O) groups excluding carboxylic acids is 4. The zero-order chi connectivity index (χ0) is 38.5. The maximum Gasteiger partial charge on any atom is 0.411 e. The number of terminal acetylenes is 1. The number of ether oxygens (including phenoxy) is 1. The Kier molecular flexibility index (Phi) is 10.9. The van der Waals surface area contributed by atoms with Crippen LogP contribution in [0.5, 0.6) is 0 Å². The van der Waals surface area contributed by atoms with Crippen LogP contribution in [0.3, 0.4) is 0 Å². The molecule has 2 aliphatic heterocycles. The first-order valence-corrected chi connectivity index (χ1v) is 18.3. The Morgan fingerprint density at radius 3 is 2.47 bits per heavy atom. The lowest BCUT2D eigenvalue weighted by Gasteiger charge is -2.46. The van der Waals surface area contributed by atoms with Crippen molar-refractivity contribution >= 4 is 56.3 Å². The molecule has 0 saturated carbocycles. The number of hydrazine groups is 1. The molecule has 1 aromatic heterocycles. The summed E-state index contributed by atoms with van der Waals surface area (Å²) in [6.07, 6.45) is 4.54. The molecule has 15 heteroatoms. The van der Waals surface area contributed by atoms with Gasteiger partial charge in [0.25, 0.3) is 0 Å². The molecule has 0 aliphatic carbocycles. The Bertz CT molecular complexity index is 2250. The average Bonchev–Trinajstić information content (AvgIpc) is 3.74. The molecule has 0 unspecified atom stereocenters. The number of aromatic nitrogens is 1. The van der Waals surface area contributed by atoms with Crippen molar-refractivity contribution in [3.05, 3.63) is 125 Å². The summed E-state index contributed by atoms with van der Waals surface area (Å²) in [6.45, 7) is 0.136. The van der Waals surface area contributed by atoms with Crippen LogP contribution in [0.2, 0.25) is 0 Å². The molecule has 280 valence electrons. The summed E-state index contributed by atoms with van der Waals surface area (Å²) >= 11 is 1.35. The van der Waals surface area contributed by atoms with Crippen LogP contribution in [0.15, 0.2) is 97.1 Å². The van der Waals surface area contributed by atoms with Gasteiger partial charge in [0.2, 0.25) is 11.8 Å². The number of benzene rings is 4. The van der Waals surface area contributed by atoms with Gasteiger partial charge in [0.15, 0.2) is 5.13 Å². The van der Waals surface area contributed by atoms with Crippen molar-refractivity contribution in [2.45, 2.75) is 38.3 Å². The smallest absolute Gasteiger partial charge is 0.411 e. The molecule has 2 atom stereocenters. The minimum Gasteiger partial charge on any atom is -0.444 e. The van der Waals surface area contributed by atoms with Crippen molar-refractivity contribution in [3.63, 3.8) is 0 Å². The van der Waals surface area contributed by atoms with Gasteiger partial charge in [-0.05, 0) is 52.6 Å². The number of amides is 5. The van der Waals surface area contributed by atoms with Gasteiger partial charge in [0, 0.05) is 25.2 Å². The third-order valence-electron chi connectivity index (χ3n) is 9.43. The number of anilines is 2. The van der Waals surface area contributed by atoms with Gasteiger partial charge < -0.3 is 25.6 Å². The number of nitrogen functional groups attached to an aromatic ring is 1. The molecule has 13 nitrogen and oxygen atoms in total. The summed E-state index contributed by atoms with van der Waals surface area (Å²) in [5.74, 6) is 1.50. The van der Waals surface area contributed by atoms with E-state index < -0.39 is 30.1 Å². The lowest BCUT2D eigenvalue weighted by Crippen LogP contribution is -2.66. The van der Waals surface area contributed by atoms with Crippen LogP contribution in [0.4, 0.5) is 24.8 Å². The molecule has 0 radical (unpaired) electrons. The quantitative estimate of drug-likeness (QED) is 0.160. The second-order valence-electron chi connectivity index (χ2n) is 13.1. The van der Waals surface area contributed by atoms with Crippen LogP contribution in [-0.2, 0) is 40.4 Å². The fraction of sp³-hybridized carbons (Fsp3) is 0.225. The van der Waals surface area contributed by atoms with E-state index in [0.717, 1.165) is 21.4 Å². The number of halogens is 1. The Morgan fingerprint density at radius 1 is 0.982 bits per heavy atom. The maximum absolute atomic E-state index is 14.4. The molecule has 2 aliphatic rings. The first-order chi connectivity index (χ1) is 26.7. The number of nitrogens with zero attached hydrogens (tertiary/aromatic N) is 5. The second kappa shape index (κ2) is 16.3. The number of nitrogens with one attached hydrogen (secondary N) is 2. The largest absolute Gasteiger partial charge is 0.444 e. The molecule has 5 aromatic rings. The maximum atomic E-state index is 14.4. The number of hydrogen-bond acceptors (Lipinski definition) is 9. The molecule has 0 spiro atoms. The van der Waals surface area contributed by atoms with Gasteiger partial charge in [-0.2, -0.15) is 5.01 Å². The van der Waals surface area contributed by atoms with E-state index in [1.807, 2.05) is 48.5 Å². The minimum absolute atomic E-state index is 0.0807. The fourth-order valence-electron chi connectivity index (χ4n) is 6.81. The summed E-state index contributed by atoms with van der Waals surface area (Å²) in [5, 5.41) is 8.84. The number of nitrogens with two attached hydrogens (primary N) is 1. The molecule has 2 saturated heterocycles. The first-order valence-electron chi connectivity index (χ1n) is 17.5. The highest BCUT2D eigenvalue weighted by atomic mass is 32.1. The van der Waals surface area contributed by atoms with Gasteiger partial charge in [-0.15, -0.1) is 6.42 Å². The highest BCUT2D eigenvalue weighted by molar-refractivity contribution is 7.22. The van der Waals surface area contributed by atoms with Crippen LogP contribution in [0, 0.1) is 18.2 Å². The Hall–Kier alpha value is -6.50. The van der Waals surface area contributed by atoms with E-state index in [0.29, 0.717) is 21.9 Å². The first kappa shape index (κ1) is 36.8. The van der Waals surface area contributed by atoms with E-state index in [1.54, 1.807) is 46.3 Å². The van der Waals surface area contributed by atoms with E-state index in [2.05, 4.69) is 21.5 Å².